The molecule has 6 heteroatoms. The summed E-state index contributed by atoms with van der Waals surface area (Å²) in [5.41, 5.74) is 1.99. The predicted molar refractivity (Wildman–Crippen MR) is 90.9 cm³/mol. The molecule has 0 aliphatic rings. The number of nitrogens with one attached hydrogen (secondary N) is 2. The summed E-state index contributed by atoms with van der Waals surface area (Å²) in [4.78, 5) is 23.7. The third kappa shape index (κ3) is 5.24. The van der Waals surface area contributed by atoms with Crippen LogP contribution in [0.25, 0.3) is 0 Å². The highest BCUT2D eigenvalue weighted by Crippen LogP contribution is 2.11. The molecule has 0 bridgehead atoms. The molecule has 2 rings (SSSR count). The van der Waals surface area contributed by atoms with Crippen molar-refractivity contribution < 1.29 is 9.59 Å². The number of amides is 2. The van der Waals surface area contributed by atoms with Gasteiger partial charge in [-0.2, -0.15) is 5.26 Å². The third-order valence-corrected chi connectivity index (χ3v) is 3.57. The van der Waals surface area contributed by atoms with E-state index in [0.29, 0.717) is 17.7 Å². The number of carbonyl (C=O) groups is 2. The van der Waals surface area contributed by atoms with Gasteiger partial charge in [-0.05, 0) is 42.0 Å². The summed E-state index contributed by atoms with van der Waals surface area (Å²) >= 11 is 3.30. The zero-order valence-corrected chi connectivity index (χ0v) is 13.8. The van der Waals surface area contributed by atoms with Crippen molar-refractivity contribution in [3.05, 3.63) is 64.1 Å². The van der Waals surface area contributed by atoms with Crippen molar-refractivity contribution in [2.75, 3.05) is 11.9 Å². The molecule has 23 heavy (non-hydrogen) atoms. The number of nitriles is 1. The van der Waals surface area contributed by atoms with E-state index in [0.717, 1.165) is 10.0 Å². The van der Waals surface area contributed by atoms with Crippen LogP contribution in [0.5, 0.6) is 0 Å². The van der Waals surface area contributed by atoms with E-state index in [4.69, 9.17) is 5.26 Å². The van der Waals surface area contributed by atoms with E-state index in [-0.39, 0.29) is 18.4 Å². The van der Waals surface area contributed by atoms with Gasteiger partial charge in [-0.15, -0.1) is 0 Å². The highest BCUT2D eigenvalue weighted by atomic mass is 79.9. The van der Waals surface area contributed by atoms with Crippen molar-refractivity contribution >= 4 is 33.4 Å². The van der Waals surface area contributed by atoms with Gasteiger partial charge in [0.05, 0.1) is 19.0 Å². The van der Waals surface area contributed by atoms with Gasteiger partial charge in [0.25, 0.3) is 5.91 Å². The minimum atomic E-state index is -0.316. The van der Waals surface area contributed by atoms with Crippen LogP contribution in [0.4, 0.5) is 5.69 Å². The maximum absolute atomic E-state index is 11.9. The van der Waals surface area contributed by atoms with E-state index in [2.05, 4.69) is 32.6 Å². The van der Waals surface area contributed by atoms with Gasteiger partial charge < -0.3 is 10.6 Å². The van der Waals surface area contributed by atoms with E-state index < -0.39 is 0 Å². The van der Waals surface area contributed by atoms with E-state index in [1.807, 2.05) is 0 Å². The average Bonchev–Trinajstić information content (AvgIpc) is 2.55. The van der Waals surface area contributed by atoms with Crippen LogP contribution >= 0.6 is 15.9 Å². The number of hydrogen-bond donors (Lipinski definition) is 2. The first kappa shape index (κ1) is 16.7. The van der Waals surface area contributed by atoms with Crippen molar-refractivity contribution in [3.63, 3.8) is 0 Å². The molecule has 0 aliphatic heterocycles. The second kappa shape index (κ2) is 8.11. The molecule has 0 saturated heterocycles. The quantitative estimate of drug-likeness (QED) is 0.847. The van der Waals surface area contributed by atoms with E-state index in [1.165, 1.54) is 0 Å². The Labute approximate surface area is 142 Å². The van der Waals surface area contributed by atoms with E-state index in [9.17, 15) is 9.59 Å². The molecule has 0 unspecified atom stereocenters. The molecular formula is C17H14BrN3O2. The minimum Gasteiger partial charge on any atom is -0.343 e. The zero-order chi connectivity index (χ0) is 16.7. The summed E-state index contributed by atoms with van der Waals surface area (Å²) in [5, 5.41) is 13.8. The van der Waals surface area contributed by atoms with Crippen molar-refractivity contribution in [2.45, 2.75) is 6.42 Å². The van der Waals surface area contributed by atoms with Crippen LogP contribution in [0.2, 0.25) is 0 Å². The summed E-state index contributed by atoms with van der Waals surface area (Å²) in [6.07, 6.45) is 0.331. The molecular weight excluding hydrogens is 358 g/mol. The fourth-order valence-corrected chi connectivity index (χ4v) is 2.13. The normalized spacial score (nSPS) is 9.74. The van der Waals surface area contributed by atoms with Crippen LogP contribution in [0.1, 0.15) is 15.9 Å². The lowest BCUT2D eigenvalue weighted by molar-refractivity contribution is -0.115. The lowest BCUT2D eigenvalue weighted by Crippen LogP contribution is -2.32. The summed E-state index contributed by atoms with van der Waals surface area (Å²) in [6, 6.07) is 15.9. The standard InChI is InChI=1S/C17H14BrN3O2/c18-14-5-3-13(4-6-14)17(23)20-11-16(22)21-15-7-1-12(2-8-15)9-10-19/h1-8H,9,11H2,(H,20,23)(H,21,22). The molecule has 2 amide bonds. The number of hydrogen-bond acceptors (Lipinski definition) is 3. The monoisotopic (exact) mass is 371 g/mol. The van der Waals surface area contributed by atoms with Crippen molar-refractivity contribution in [1.82, 2.24) is 5.32 Å². The van der Waals surface area contributed by atoms with Gasteiger partial charge >= 0.3 is 0 Å². The Morgan fingerprint density at radius 2 is 1.70 bits per heavy atom. The van der Waals surface area contributed by atoms with Gasteiger partial charge in [0.15, 0.2) is 0 Å². The Morgan fingerprint density at radius 1 is 1.04 bits per heavy atom. The Morgan fingerprint density at radius 3 is 2.30 bits per heavy atom. The summed E-state index contributed by atoms with van der Waals surface area (Å²) in [6.45, 7) is -0.116. The summed E-state index contributed by atoms with van der Waals surface area (Å²) in [7, 11) is 0. The fourth-order valence-electron chi connectivity index (χ4n) is 1.87. The first-order valence-corrected chi connectivity index (χ1v) is 7.67. The molecule has 0 spiro atoms. The van der Waals surface area contributed by atoms with Gasteiger partial charge in [0.1, 0.15) is 0 Å². The number of carbonyl (C=O) groups excluding carboxylic acids is 2. The number of nitrogens with zero attached hydrogens (tertiary/aromatic N) is 1. The van der Waals surface area contributed by atoms with E-state index >= 15 is 0 Å². The second-order valence-electron chi connectivity index (χ2n) is 4.77. The van der Waals surface area contributed by atoms with Crippen molar-refractivity contribution in [1.29, 1.82) is 5.26 Å². The highest BCUT2D eigenvalue weighted by molar-refractivity contribution is 9.10. The van der Waals surface area contributed by atoms with Crippen LogP contribution < -0.4 is 10.6 Å². The first-order chi connectivity index (χ1) is 11.1. The molecule has 0 radical (unpaired) electrons. The minimum absolute atomic E-state index is 0.116. The molecule has 0 heterocycles. The number of anilines is 1. The molecule has 0 aromatic heterocycles. The largest absolute Gasteiger partial charge is 0.343 e. The molecule has 116 valence electrons. The van der Waals surface area contributed by atoms with Gasteiger partial charge in [0.2, 0.25) is 5.91 Å². The van der Waals surface area contributed by atoms with Crippen LogP contribution in [0.15, 0.2) is 53.0 Å². The molecule has 2 N–H and O–H groups in total. The van der Waals surface area contributed by atoms with Gasteiger partial charge in [-0.3, -0.25) is 9.59 Å². The molecule has 0 saturated carbocycles. The lowest BCUT2D eigenvalue weighted by Gasteiger charge is -2.07. The Balaban J connectivity index is 1.84. The highest BCUT2D eigenvalue weighted by Gasteiger charge is 2.08. The van der Waals surface area contributed by atoms with Crippen molar-refractivity contribution in [3.8, 4) is 6.07 Å². The number of halogens is 1. The maximum atomic E-state index is 11.9. The number of benzene rings is 2. The smallest absolute Gasteiger partial charge is 0.251 e. The van der Waals surface area contributed by atoms with Crippen molar-refractivity contribution in [2.24, 2.45) is 0 Å². The Hall–Kier alpha value is -2.65. The maximum Gasteiger partial charge on any atom is 0.251 e. The van der Waals surface area contributed by atoms with Gasteiger partial charge in [-0.1, -0.05) is 28.1 Å². The SMILES string of the molecule is N#CCc1ccc(NC(=O)CNC(=O)c2ccc(Br)cc2)cc1. The Kier molecular flexibility index (Phi) is 5.89. The summed E-state index contributed by atoms with van der Waals surface area (Å²) in [5.74, 6) is -0.625. The predicted octanol–water partition coefficient (Wildman–Crippen LogP) is 2.88. The van der Waals surface area contributed by atoms with Crippen LogP contribution in [0.3, 0.4) is 0 Å². The molecule has 0 atom stereocenters. The topological polar surface area (TPSA) is 82.0 Å². The molecule has 2 aromatic carbocycles. The average molecular weight is 372 g/mol. The van der Waals surface area contributed by atoms with Gasteiger partial charge in [0, 0.05) is 15.7 Å². The van der Waals surface area contributed by atoms with Crippen LogP contribution in [-0.4, -0.2) is 18.4 Å². The molecule has 0 aliphatic carbocycles. The Bertz CT molecular complexity index is 734. The molecule has 2 aromatic rings. The molecule has 5 nitrogen and oxygen atoms in total. The fraction of sp³-hybridized carbons (Fsp3) is 0.118. The summed E-state index contributed by atoms with van der Waals surface area (Å²) < 4.78 is 0.881. The lowest BCUT2D eigenvalue weighted by atomic mass is 10.1. The second-order valence-corrected chi connectivity index (χ2v) is 5.69. The van der Waals surface area contributed by atoms with E-state index in [1.54, 1.807) is 48.5 Å². The van der Waals surface area contributed by atoms with Gasteiger partial charge in [-0.25, -0.2) is 0 Å². The van der Waals surface area contributed by atoms with Crippen LogP contribution in [-0.2, 0) is 11.2 Å². The van der Waals surface area contributed by atoms with Crippen LogP contribution in [0, 0.1) is 11.3 Å². The first-order valence-electron chi connectivity index (χ1n) is 6.88. The number of rotatable bonds is 5. The third-order valence-electron chi connectivity index (χ3n) is 3.04. The molecule has 0 fully saturated rings. The zero-order valence-electron chi connectivity index (χ0n) is 12.2.